The van der Waals surface area contributed by atoms with Gasteiger partial charge in [-0.25, -0.2) is 9.97 Å². The third kappa shape index (κ3) is 5.51. The molecule has 0 aliphatic heterocycles. The number of nitrogens with zero attached hydrogens (tertiary/aromatic N) is 3. The zero-order chi connectivity index (χ0) is 40.7. The van der Waals surface area contributed by atoms with E-state index in [1.54, 1.807) is 0 Å². The first-order valence-corrected chi connectivity index (χ1v) is 21.9. The van der Waals surface area contributed by atoms with Crippen molar-refractivity contribution < 1.29 is 0 Å². The Morgan fingerprint density at radius 2 is 0.806 bits per heavy atom. The topological polar surface area (TPSA) is 30.7 Å². The molecule has 13 aromatic rings. The fourth-order valence-corrected chi connectivity index (χ4v) is 10.7. The van der Waals surface area contributed by atoms with Crippen molar-refractivity contribution in [3.63, 3.8) is 0 Å². The smallest absolute Gasteiger partial charge is 0.162 e. The number of aromatic nitrogens is 3. The van der Waals surface area contributed by atoms with E-state index in [0.717, 1.165) is 33.7 Å². The fraction of sp³-hybridized carbons (Fsp3) is 0. The molecule has 4 heteroatoms. The molecular weight excluding hydrogens is 771 g/mol. The van der Waals surface area contributed by atoms with E-state index in [1.165, 1.54) is 85.5 Å². The Labute approximate surface area is 361 Å². The van der Waals surface area contributed by atoms with Crippen molar-refractivity contribution in [1.82, 2.24) is 14.5 Å². The molecule has 3 aromatic heterocycles. The standard InChI is InChI=1S/C58H35N3S/c1-4-14-36(15-5-1)39-25-28-53-49(31-39)50-33-47-46-30-40(41-26-29-56-51(32-41)45-22-12-13-23-55(45)62-56)24-27-44(46)42-20-10-11-21-43(42)48(47)34-54(50)61(53)57-35-52(37-16-6-2-7-17-37)59-58(60-57)38-18-8-3-9-19-38/h1-35H. The molecule has 0 aliphatic carbocycles. The lowest BCUT2D eigenvalue weighted by atomic mass is 9.91. The van der Waals surface area contributed by atoms with Crippen LogP contribution in [-0.2, 0) is 0 Å². The van der Waals surface area contributed by atoms with Crippen LogP contribution in [0, 0.1) is 0 Å². The minimum atomic E-state index is 0.691. The molecule has 3 nitrogen and oxygen atoms in total. The van der Waals surface area contributed by atoms with Crippen molar-refractivity contribution in [1.29, 1.82) is 0 Å². The fourth-order valence-electron chi connectivity index (χ4n) is 9.63. The van der Waals surface area contributed by atoms with Crippen LogP contribution in [0.15, 0.2) is 212 Å². The summed E-state index contributed by atoms with van der Waals surface area (Å²) < 4.78 is 5.00. The maximum atomic E-state index is 5.38. The second-order valence-electron chi connectivity index (χ2n) is 16.1. The highest BCUT2D eigenvalue weighted by Gasteiger charge is 2.20. The summed E-state index contributed by atoms with van der Waals surface area (Å²) in [5.74, 6) is 1.52. The average Bonchev–Trinajstić information content (AvgIpc) is 3.88. The van der Waals surface area contributed by atoms with Crippen molar-refractivity contribution in [2.24, 2.45) is 0 Å². The molecular formula is C58H35N3S. The lowest BCUT2D eigenvalue weighted by molar-refractivity contribution is 1.05. The van der Waals surface area contributed by atoms with Gasteiger partial charge in [0, 0.05) is 48.1 Å². The van der Waals surface area contributed by atoms with Gasteiger partial charge in [-0.1, -0.05) is 158 Å². The molecule has 0 saturated carbocycles. The highest BCUT2D eigenvalue weighted by Crippen LogP contribution is 2.44. The van der Waals surface area contributed by atoms with E-state index in [2.05, 4.69) is 205 Å². The molecule has 0 atom stereocenters. The number of thiophene rings is 1. The monoisotopic (exact) mass is 805 g/mol. The summed E-state index contributed by atoms with van der Waals surface area (Å²) in [7, 11) is 0. The predicted octanol–water partition coefficient (Wildman–Crippen LogP) is 16.1. The number of benzene rings is 10. The minimum Gasteiger partial charge on any atom is -0.294 e. The quantitative estimate of drug-likeness (QED) is 0.162. The van der Waals surface area contributed by atoms with Gasteiger partial charge >= 0.3 is 0 Å². The molecule has 0 bridgehead atoms. The zero-order valence-corrected chi connectivity index (χ0v) is 34.3. The number of fused-ring (bicyclic) bond motifs is 12. The molecule has 0 unspecified atom stereocenters. The Bertz CT molecular complexity index is 3850. The summed E-state index contributed by atoms with van der Waals surface area (Å²) in [6, 6.07) is 77.0. The van der Waals surface area contributed by atoms with Crippen LogP contribution >= 0.6 is 11.3 Å². The normalized spacial score (nSPS) is 11.9. The van der Waals surface area contributed by atoms with Gasteiger partial charge in [0.25, 0.3) is 0 Å². The average molecular weight is 806 g/mol. The molecule has 62 heavy (non-hydrogen) atoms. The van der Waals surface area contributed by atoms with Gasteiger partial charge in [0.05, 0.1) is 16.7 Å². The van der Waals surface area contributed by atoms with E-state index in [-0.39, 0.29) is 0 Å². The van der Waals surface area contributed by atoms with Gasteiger partial charge in [0.1, 0.15) is 5.82 Å². The molecule has 0 radical (unpaired) electrons. The van der Waals surface area contributed by atoms with Crippen molar-refractivity contribution >= 4 is 85.6 Å². The summed E-state index contributed by atoms with van der Waals surface area (Å²) in [6.07, 6.45) is 0. The highest BCUT2D eigenvalue weighted by atomic mass is 32.1. The van der Waals surface area contributed by atoms with Gasteiger partial charge in [-0.3, -0.25) is 4.57 Å². The summed E-state index contributed by atoms with van der Waals surface area (Å²) >= 11 is 1.86. The molecule has 0 fully saturated rings. The van der Waals surface area contributed by atoms with Gasteiger partial charge in [0.2, 0.25) is 0 Å². The Morgan fingerprint density at radius 1 is 0.290 bits per heavy atom. The number of hydrogen-bond acceptors (Lipinski definition) is 3. The van der Waals surface area contributed by atoms with Gasteiger partial charge in [0.15, 0.2) is 5.82 Å². The van der Waals surface area contributed by atoms with Gasteiger partial charge in [-0.15, -0.1) is 11.3 Å². The Kier molecular flexibility index (Phi) is 7.78. The molecule has 0 spiro atoms. The van der Waals surface area contributed by atoms with Crippen LogP contribution in [-0.4, -0.2) is 14.5 Å². The summed E-state index contributed by atoms with van der Waals surface area (Å²) in [6.45, 7) is 0. The van der Waals surface area contributed by atoms with Crippen molar-refractivity contribution in [2.75, 3.05) is 0 Å². The van der Waals surface area contributed by atoms with Crippen molar-refractivity contribution in [3.8, 4) is 50.7 Å². The number of rotatable bonds is 5. The Morgan fingerprint density at radius 3 is 1.58 bits per heavy atom. The van der Waals surface area contributed by atoms with Crippen molar-refractivity contribution in [3.05, 3.63) is 212 Å². The number of hydrogen-bond donors (Lipinski definition) is 0. The SMILES string of the molecule is c1ccc(-c2ccc3c(c2)c2cc4c5cc(-c6ccc7sc8ccccc8c7c6)ccc5c5ccccc5c4cc2n3-c2cc(-c3ccccc3)nc(-c3ccccc3)n2)cc1. The third-order valence-corrected chi connectivity index (χ3v) is 13.7. The van der Waals surface area contributed by atoms with Crippen LogP contribution in [0.3, 0.4) is 0 Å². The van der Waals surface area contributed by atoms with Gasteiger partial charge < -0.3 is 0 Å². The van der Waals surface area contributed by atoms with Gasteiger partial charge in [-0.2, -0.15) is 0 Å². The molecule has 0 saturated heterocycles. The first-order chi connectivity index (χ1) is 30.7. The van der Waals surface area contributed by atoms with Gasteiger partial charge in [-0.05, 0) is 103 Å². The second kappa shape index (κ2) is 13.8. The lowest BCUT2D eigenvalue weighted by Gasteiger charge is -2.14. The summed E-state index contributed by atoms with van der Waals surface area (Å²) in [5, 5.41) is 12.4. The largest absolute Gasteiger partial charge is 0.294 e. The maximum Gasteiger partial charge on any atom is 0.162 e. The first-order valence-electron chi connectivity index (χ1n) is 21.1. The molecule has 0 aliphatic rings. The van der Waals surface area contributed by atoms with Crippen LogP contribution in [0.25, 0.3) is 125 Å². The predicted molar refractivity (Wildman–Crippen MR) is 264 cm³/mol. The summed E-state index contributed by atoms with van der Waals surface area (Å²) in [4.78, 5) is 10.5. The van der Waals surface area contributed by atoms with E-state index < -0.39 is 0 Å². The molecule has 3 heterocycles. The third-order valence-electron chi connectivity index (χ3n) is 12.6. The zero-order valence-electron chi connectivity index (χ0n) is 33.5. The van der Waals surface area contributed by atoms with Crippen LogP contribution in [0.4, 0.5) is 0 Å². The maximum absolute atomic E-state index is 5.38. The molecule has 10 aromatic carbocycles. The van der Waals surface area contributed by atoms with Crippen LogP contribution in [0.1, 0.15) is 0 Å². The Hall–Kier alpha value is -7.92. The first kappa shape index (κ1) is 34.9. The van der Waals surface area contributed by atoms with E-state index >= 15 is 0 Å². The van der Waals surface area contributed by atoms with E-state index in [9.17, 15) is 0 Å². The van der Waals surface area contributed by atoms with E-state index in [4.69, 9.17) is 9.97 Å². The summed E-state index contributed by atoms with van der Waals surface area (Å²) in [5.41, 5.74) is 9.90. The lowest BCUT2D eigenvalue weighted by Crippen LogP contribution is -2.02. The minimum absolute atomic E-state index is 0.691. The molecule has 13 rings (SSSR count). The van der Waals surface area contributed by atoms with Crippen LogP contribution < -0.4 is 0 Å². The van der Waals surface area contributed by atoms with Crippen LogP contribution in [0.5, 0.6) is 0 Å². The molecule has 0 N–H and O–H groups in total. The van der Waals surface area contributed by atoms with Crippen molar-refractivity contribution in [2.45, 2.75) is 0 Å². The van der Waals surface area contributed by atoms with E-state index in [1.807, 2.05) is 23.5 Å². The Balaban J connectivity index is 1.12. The molecule has 288 valence electrons. The molecule has 0 amide bonds. The second-order valence-corrected chi connectivity index (χ2v) is 17.2. The van der Waals surface area contributed by atoms with Crippen LogP contribution in [0.2, 0.25) is 0 Å². The highest BCUT2D eigenvalue weighted by molar-refractivity contribution is 7.25. The van der Waals surface area contributed by atoms with E-state index in [0.29, 0.717) is 5.82 Å².